The molecule has 210 valence electrons. The van der Waals surface area contributed by atoms with Crippen LogP contribution in [0.1, 0.15) is 45.6 Å². The number of hydrogen-bond donors (Lipinski definition) is 3. The third kappa shape index (κ3) is 5.97. The molecule has 1 amide bonds. The molecule has 2 heterocycles. The average Bonchev–Trinajstić information content (AvgIpc) is 3.25. The molecule has 1 aliphatic rings. The molecule has 0 aliphatic heterocycles. The third-order valence-corrected chi connectivity index (χ3v) is 7.03. The summed E-state index contributed by atoms with van der Waals surface area (Å²) in [6.45, 7) is 3.44. The van der Waals surface area contributed by atoms with Gasteiger partial charge in [0.25, 0.3) is 5.91 Å². The zero-order valence-corrected chi connectivity index (χ0v) is 22.9. The van der Waals surface area contributed by atoms with Crippen molar-refractivity contribution in [3.05, 3.63) is 83.1 Å². The molecule has 41 heavy (non-hydrogen) atoms. The number of nitrogens with one attached hydrogen (secondary N) is 1. The van der Waals surface area contributed by atoms with E-state index in [1.807, 2.05) is 36.4 Å². The molecule has 11 heteroatoms. The van der Waals surface area contributed by atoms with Crippen LogP contribution in [0.25, 0.3) is 16.9 Å². The Kier molecular flexibility index (Phi) is 7.59. The van der Waals surface area contributed by atoms with E-state index in [0.29, 0.717) is 54.0 Å². The zero-order chi connectivity index (χ0) is 29.1. The Morgan fingerprint density at radius 1 is 1.07 bits per heavy atom. The fourth-order valence-electron chi connectivity index (χ4n) is 5.19. The molecule has 5 rings (SSSR count). The number of hydrogen-bond acceptors (Lipinski definition) is 8. The van der Waals surface area contributed by atoms with Gasteiger partial charge in [0.05, 0.1) is 5.69 Å². The number of carbonyl (C=O) groups excluding carboxylic acids is 1. The SMILES string of the molecule is CC(C)(N)/C=C(\C#N)C(=O)NC1CCC(n2c(=O)n(-c3ccc(Oc4ccccc4)cc3)c3c(N)ncnc32)CC1. The van der Waals surface area contributed by atoms with E-state index >= 15 is 0 Å². The summed E-state index contributed by atoms with van der Waals surface area (Å²) in [5, 5.41) is 12.4. The quantitative estimate of drug-likeness (QED) is 0.230. The Morgan fingerprint density at radius 3 is 2.37 bits per heavy atom. The van der Waals surface area contributed by atoms with Crippen molar-refractivity contribution >= 4 is 22.9 Å². The molecule has 2 aromatic heterocycles. The first-order valence-corrected chi connectivity index (χ1v) is 13.4. The van der Waals surface area contributed by atoms with Crippen LogP contribution in [-0.4, -0.2) is 36.6 Å². The highest BCUT2D eigenvalue weighted by Gasteiger charge is 2.29. The molecule has 5 N–H and O–H groups in total. The summed E-state index contributed by atoms with van der Waals surface area (Å²) in [5.41, 5.74) is 12.7. The lowest BCUT2D eigenvalue weighted by Crippen LogP contribution is -2.40. The number of ether oxygens (including phenoxy) is 1. The van der Waals surface area contributed by atoms with Crippen LogP contribution in [0.4, 0.5) is 5.82 Å². The number of carbonyl (C=O) groups is 1. The summed E-state index contributed by atoms with van der Waals surface area (Å²) in [7, 11) is 0. The van der Waals surface area contributed by atoms with Gasteiger partial charge >= 0.3 is 5.69 Å². The minimum atomic E-state index is -0.783. The number of imidazole rings is 1. The zero-order valence-electron chi connectivity index (χ0n) is 22.9. The normalized spacial score (nSPS) is 17.7. The second kappa shape index (κ2) is 11.3. The summed E-state index contributed by atoms with van der Waals surface area (Å²) in [4.78, 5) is 35.1. The minimum absolute atomic E-state index is 0.00808. The number of nitrogens with zero attached hydrogens (tertiary/aromatic N) is 5. The number of anilines is 1. The second-order valence-corrected chi connectivity index (χ2v) is 10.8. The van der Waals surface area contributed by atoms with Gasteiger partial charge in [0.1, 0.15) is 35.0 Å². The smallest absolute Gasteiger partial charge is 0.335 e. The molecule has 2 aromatic carbocycles. The van der Waals surface area contributed by atoms with Crippen molar-refractivity contribution in [1.29, 1.82) is 5.26 Å². The summed E-state index contributed by atoms with van der Waals surface area (Å²) in [6.07, 6.45) is 5.35. The van der Waals surface area contributed by atoms with E-state index in [-0.39, 0.29) is 29.2 Å². The van der Waals surface area contributed by atoms with E-state index in [0.717, 1.165) is 0 Å². The van der Waals surface area contributed by atoms with Crippen LogP contribution in [0, 0.1) is 11.3 Å². The van der Waals surface area contributed by atoms with Crippen LogP contribution >= 0.6 is 0 Å². The Morgan fingerprint density at radius 2 is 1.73 bits per heavy atom. The van der Waals surface area contributed by atoms with Crippen LogP contribution in [0.5, 0.6) is 11.5 Å². The highest BCUT2D eigenvalue weighted by Crippen LogP contribution is 2.32. The Hall–Kier alpha value is -4.95. The van der Waals surface area contributed by atoms with Crippen molar-refractivity contribution in [2.45, 2.75) is 57.2 Å². The molecule has 1 saturated carbocycles. The molecule has 0 atom stereocenters. The van der Waals surface area contributed by atoms with Crippen molar-refractivity contribution < 1.29 is 9.53 Å². The number of para-hydroxylation sites is 1. The van der Waals surface area contributed by atoms with Gasteiger partial charge in [-0.3, -0.25) is 13.9 Å². The van der Waals surface area contributed by atoms with Gasteiger partial charge in [0, 0.05) is 17.6 Å². The van der Waals surface area contributed by atoms with Crippen molar-refractivity contribution in [3.63, 3.8) is 0 Å². The fourth-order valence-corrected chi connectivity index (χ4v) is 5.19. The van der Waals surface area contributed by atoms with Gasteiger partial charge in [0.2, 0.25) is 0 Å². The highest BCUT2D eigenvalue weighted by atomic mass is 16.5. The predicted octanol–water partition coefficient (Wildman–Crippen LogP) is 3.74. The topological polar surface area (TPSA) is 167 Å². The Bertz CT molecular complexity index is 1680. The number of amides is 1. The molecule has 0 radical (unpaired) electrons. The Labute approximate surface area is 237 Å². The molecule has 4 aromatic rings. The summed E-state index contributed by atoms with van der Waals surface area (Å²) >= 11 is 0. The maximum atomic E-state index is 13.9. The van der Waals surface area contributed by atoms with Crippen LogP contribution in [-0.2, 0) is 4.79 Å². The molecule has 1 fully saturated rings. The van der Waals surface area contributed by atoms with Gasteiger partial charge in [-0.2, -0.15) is 5.26 Å². The molecular formula is C30H32N8O3. The molecule has 0 unspecified atom stereocenters. The molecule has 0 saturated heterocycles. The van der Waals surface area contributed by atoms with Gasteiger partial charge < -0.3 is 21.5 Å². The lowest BCUT2D eigenvalue weighted by atomic mass is 9.90. The molecule has 1 aliphatic carbocycles. The van der Waals surface area contributed by atoms with E-state index in [1.54, 1.807) is 42.7 Å². The van der Waals surface area contributed by atoms with E-state index in [4.69, 9.17) is 16.2 Å². The summed E-state index contributed by atoms with van der Waals surface area (Å²) in [5.74, 6) is 1.10. The first-order valence-electron chi connectivity index (χ1n) is 13.4. The number of aromatic nitrogens is 4. The van der Waals surface area contributed by atoms with Crippen molar-refractivity contribution in [2.24, 2.45) is 5.73 Å². The summed E-state index contributed by atoms with van der Waals surface area (Å²) in [6, 6.07) is 18.3. The molecule has 0 spiro atoms. The molecule has 0 bridgehead atoms. The highest BCUT2D eigenvalue weighted by molar-refractivity contribution is 5.97. The first kappa shape index (κ1) is 27.6. The Balaban J connectivity index is 1.38. The van der Waals surface area contributed by atoms with Crippen molar-refractivity contribution in [1.82, 2.24) is 24.4 Å². The van der Waals surface area contributed by atoms with Crippen molar-refractivity contribution in [3.8, 4) is 23.3 Å². The largest absolute Gasteiger partial charge is 0.457 e. The van der Waals surface area contributed by atoms with Crippen LogP contribution < -0.4 is 27.2 Å². The maximum absolute atomic E-state index is 13.9. The lowest BCUT2D eigenvalue weighted by molar-refractivity contribution is -0.118. The number of nitriles is 1. The van der Waals surface area contributed by atoms with E-state index in [2.05, 4.69) is 15.3 Å². The molecular weight excluding hydrogens is 520 g/mol. The van der Waals surface area contributed by atoms with Crippen molar-refractivity contribution in [2.75, 3.05) is 5.73 Å². The number of nitrogens with two attached hydrogens (primary N) is 2. The minimum Gasteiger partial charge on any atom is -0.457 e. The number of nitrogen functional groups attached to an aromatic ring is 1. The van der Waals surface area contributed by atoms with Gasteiger partial charge in [-0.25, -0.2) is 14.8 Å². The van der Waals surface area contributed by atoms with Gasteiger partial charge in [-0.1, -0.05) is 18.2 Å². The van der Waals surface area contributed by atoms with Crippen LogP contribution in [0.15, 0.2) is 77.4 Å². The fraction of sp³-hybridized carbons (Fsp3) is 0.300. The van der Waals surface area contributed by atoms with Crippen LogP contribution in [0.3, 0.4) is 0 Å². The molecule has 11 nitrogen and oxygen atoms in total. The number of benzene rings is 2. The average molecular weight is 553 g/mol. The standard InChI is InChI=1S/C30H32N8O3/c1-30(2,33)16-19(17-31)28(39)36-20-8-10-22(11-9-20)38-27-25(26(32)34-18-35-27)37(29(38)40)21-12-14-24(15-13-21)41-23-6-4-3-5-7-23/h3-7,12-16,18,20,22H,8-11,33H2,1-2H3,(H,36,39)(H2,32,34,35)/b19-16+. The second-order valence-electron chi connectivity index (χ2n) is 10.8. The number of fused-ring (bicyclic) bond motifs is 1. The third-order valence-electron chi connectivity index (χ3n) is 7.03. The van der Waals surface area contributed by atoms with Crippen LogP contribution in [0.2, 0.25) is 0 Å². The maximum Gasteiger partial charge on any atom is 0.335 e. The van der Waals surface area contributed by atoms with E-state index < -0.39 is 11.4 Å². The first-order chi connectivity index (χ1) is 19.6. The van der Waals surface area contributed by atoms with Gasteiger partial charge in [0.15, 0.2) is 11.5 Å². The summed E-state index contributed by atoms with van der Waals surface area (Å²) < 4.78 is 9.10. The van der Waals surface area contributed by atoms with Gasteiger partial charge in [-0.15, -0.1) is 0 Å². The lowest BCUT2D eigenvalue weighted by Gasteiger charge is -2.29. The predicted molar refractivity (Wildman–Crippen MR) is 155 cm³/mol. The van der Waals surface area contributed by atoms with E-state index in [9.17, 15) is 14.9 Å². The van der Waals surface area contributed by atoms with E-state index in [1.165, 1.54) is 17.0 Å². The monoisotopic (exact) mass is 552 g/mol. The van der Waals surface area contributed by atoms with Gasteiger partial charge in [-0.05, 0) is 82.0 Å². The number of rotatable bonds is 7.